The van der Waals surface area contributed by atoms with Crippen molar-refractivity contribution >= 4 is 15.9 Å². The smallest absolute Gasteiger partial charge is 0.240 e. The number of hydrogen-bond acceptors (Lipinski definition) is 3. The second-order valence-corrected chi connectivity index (χ2v) is 9.58. The zero-order chi connectivity index (χ0) is 20.7. The van der Waals surface area contributed by atoms with Crippen molar-refractivity contribution in [3.63, 3.8) is 0 Å². The van der Waals surface area contributed by atoms with Crippen LogP contribution in [0.2, 0.25) is 0 Å². The second-order valence-electron chi connectivity index (χ2n) is 7.87. The molecule has 2 aromatic carbocycles. The first-order valence-electron chi connectivity index (χ1n) is 10.4. The van der Waals surface area contributed by atoms with E-state index in [1.165, 1.54) is 12.0 Å². The summed E-state index contributed by atoms with van der Waals surface area (Å²) < 4.78 is 27.9. The molecule has 1 amide bonds. The Bertz CT molecular complexity index is 917. The first-order chi connectivity index (χ1) is 13.9. The highest BCUT2D eigenvalue weighted by Crippen LogP contribution is 2.20. The molecule has 0 spiro atoms. The van der Waals surface area contributed by atoms with Crippen molar-refractivity contribution in [2.75, 3.05) is 0 Å². The maximum Gasteiger partial charge on any atom is 0.240 e. The van der Waals surface area contributed by atoms with Gasteiger partial charge in [-0.05, 0) is 49.4 Å². The van der Waals surface area contributed by atoms with Gasteiger partial charge in [-0.25, -0.2) is 13.1 Å². The van der Waals surface area contributed by atoms with Gasteiger partial charge in [-0.2, -0.15) is 0 Å². The molecule has 2 aromatic rings. The molecule has 0 heterocycles. The molecule has 0 aliphatic heterocycles. The van der Waals surface area contributed by atoms with E-state index in [1.807, 2.05) is 25.1 Å². The summed E-state index contributed by atoms with van der Waals surface area (Å²) in [5.74, 6) is -0.0119. The van der Waals surface area contributed by atoms with Gasteiger partial charge in [0.15, 0.2) is 0 Å². The lowest BCUT2D eigenvalue weighted by atomic mass is 9.96. The number of carbonyl (C=O) groups is 1. The first kappa shape index (κ1) is 21.5. The summed E-state index contributed by atoms with van der Waals surface area (Å²) >= 11 is 0. The normalized spacial score (nSPS) is 15.2. The van der Waals surface area contributed by atoms with E-state index in [0.717, 1.165) is 36.8 Å². The van der Waals surface area contributed by atoms with E-state index in [4.69, 9.17) is 0 Å². The van der Waals surface area contributed by atoms with Crippen molar-refractivity contribution in [1.82, 2.24) is 10.0 Å². The van der Waals surface area contributed by atoms with E-state index >= 15 is 0 Å². The van der Waals surface area contributed by atoms with Crippen molar-refractivity contribution in [2.45, 2.75) is 69.4 Å². The van der Waals surface area contributed by atoms with Crippen LogP contribution in [0.15, 0.2) is 53.4 Å². The number of hydrogen-bond donors (Lipinski definition) is 2. The minimum atomic E-state index is -3.48. The lowest BCUT2D eigenvalue weighted by Gasteiger charge is -2.22. The van der Waals surface area contributed by atoms with Gasteiger partial charge in [-0.1, -0.05) is 61.2 Å². The number of sulfonamides is 1. The number of aryl methyl sites for hydroxylation is 2. The van der Waals surface area contributed by atoms with Gasteiger partial charge >= 0.3 is 0 Å². The molecule has 1 aliphatic rings. The van der Waals surface area contributed by atoms with E-state index in [9.17, 15) is 13.2 Å². The van der Waals surface area contributed by atoms with E-state index in [0.29, 0.717) is 19.4 Å². The van der Waals surface area contributed by atoms with Crippen molar-refractivity contribution in [1.29, 1.82) is 0 Å². The molecule has 156 valence electrons. The minimum absolute atomic E-state index is 0.0119. The van der Waals surface area contributed by atoms with E-state index < -0.39 is 10.0 Å². The molecule has 0 atom stereocenters. The molecule has 2 N–H and O–H groups in total. The number of amides is 1. The van der Waals surface area contributed by atoms with Gasteiger partial charge in [-0.15, -0.1) is 0 Å². The fourth-order valence-electron chi connectivity index (χ4n) is 3.71. The summed E-state index contributed by atoms with van der Waals surface area (Å²) in [4.78, 5) is 12.4. The Kier molecular flexibility index (Phi) is 7.45. The molecule has 1 saturated carbocycles. The van der Waals surface area contributed by atoms with Crippen LogP contribution in [0.4, 0.5) is 0 Å². The highest BCUT2D eigenvalue weighted by Gasteiger charge is 2.21. The van der Waals surface area contributed by atoms with Gasteiger partial charge in [0.2, 0.25) is 15.9 Å². The largest absolute Gasteiger partial charge is 0.352 e. The second kappa shape index (κ2) is 10.0. The van der Waals surface area contributed by atoms with Crippen LogP contribution in [0.5, 0.6) is 0 Å². The molecule has 1 fully saturated rings. The van der Waals surface area contributed by atoms with Gasteiger partial charge < -0.3 is 5.32 Å². The molecule has 0 radical (unpaired) electrons. The van der Waals surface area contributed by atoms with E-state index in [2.05, 4.69) is 16.1 Å². The standard InChI is InChI=1S/C23H30N2O3S/c1-18-6-5-7-20(16-18)17-24-23(26)15-12-19-10-13-22(14-11-19)29(27,28)25-21-8-3-2-4-9-21/h5-7,10-11,13-14,16,21,25H,2-4,8-9,12,15,17H2,1H3,(H,24,26). The highest BCUT2D eigenvalue weighted by atomic mass is 32.2. The maximum absolute atomic E-state index is 12.5. The van der Waals surface area contributed by atoms with E-state index in [-0.39, 0.29) is 16.8 Å². The number of rotatable bonds is 8. The topological polar surface area (TPSA) is 75.3 Å². The minimum Gasteiger partial charge on any atom is -0.352 e. The highest BCUT2D eigenvalue weighted by molar-refractivity contribution is 7.89. The van der Waals surface area contributed by atoms with Gasteiger partial charge in [0.1, 0.15) is 0 Å². The maximum atomic E-state index is 12.5. The number of benzene rings is 2. The van der Waals surface area contributed by atoms with Crippen LogP contribution in [0, 0.1) is 6.92 Å². The molecular formula is C23H30N2O3S. The third kappa shape index (κ3) is 6.68. The Morgan fingerprint density at radius 3 is 2.41 bits per heavy atom. The van der Waals surface area contributed by atoms with Crippen LogP contribution in [0.25, 0.3) is 0 Å². The summed E-state index contributed by atoms with van der Waals surface area (Å²) in [5.41, 5.74) is 3.20. The average Bonchev–Trinajstić information content (AvgIpc) is 2.71. The monoisotopic (exact) mass is 414 g/mol. The SMILES string of the molecule is Cc1cccc(CNC(=O)CCc2ccc(S(=O)(=O)NC3CCCCC3)cc2)c1. The van der Waals surface area contributed by atoms with Gasteiger partial charge in [0, 0.05) is 19.0 Å². The van der Waals surface area contributed by atoms with Crippen LogP contribution >= 0.6 is 0 Å². The van der Waals surface area contributed by atoms with Crippen LogP contribution in [0.3, 0.4) is 0 Å². The Morgan fingerprint density at radius 1 is 1.00 bits per heavy atom. The lowest BCUT2D eigenvalue weighted by molar-refractivity contribution is -0.121. The Labute approximate surface area is 174 Å². The van der Waals surface area contributed by atoms with E-state index in [1.54, 1.807) is 24.3 Å². The van der Waals surface area contributed by atoms with Crippen LogP contribution in [-0.2, 0) is 27.8 Å². The number of nitrogens with one attached hydrogen (secondary N) is 2. The Balaban J connectivity index is 1.47. The first-order valence-corrected chi connectivity index (χ1v) is 11.8. The van der Waals surface area contributed by atoms with Crippen molar-refractivity contribution < 1.29 is 13.2 Å². The predicted octanol–water partition coefficient (Wildman–Crippen LogP) is 3.86. The Hall–Kier alpha value is -2.18. The van der Waals surface area contributed by atoms with Crippen molar-refractivity contribution in [3.8, 4) is 0 Å². The third-order valence-corrected chi connectivity index (χ3v) is 6.91. The molecular weight excluding hydrogens is 384 g/mol. The number of carbonyl (C=O) groups excluding carboxylic acids is 1. The molecule has 0 unspecified atom stereocenters. The zero-order valence-electron chi connectivity index (χ0n) is 17.0. The lowest BCUT2D eigenvalue weighted by Crippen LogP contribution is -2.36. The quantitative estimate of drug-likeness (QED) is 0.689. The Morgan fingerprint density at radius 2 is 1.72 bits per heavy atom. The molecule has 3 rings (SSSR count). The molecule has 0 saturated heterocycles. The molecule has 29 heavy (non-hydrogen) atoms. The zero-order valence-corrected chi connectivity index (χ0v) is 17.8. The van der Waals surface area contributed by atoms with Crippen LogP contribution in [-0.4, -0.2) is 20.4 Å². The summed E-state index contributed by atoms with van der Waals surface area (Å²) in [7, 11) is -3.48. The van der Waals surface area contributed by atoms with Gasteiger partial charge in [0.25, 0.3) is 0 Å². The molecule has 0 bridgehead atoms. The van der Waals surface area contributed by atoms with Crippen molar-refractivity contribution in [2.24, 2.45) is 0 Å². The van der Waals surface area contributed by atoms with Crippen LogP contribution in [0.1, 0.15) is 55.2 Å². The van der Waals surface area contributed by atoms with Crippen LogP contribution < -0.4 is 10.0 Å². The van der Waals surface area contributed by atoms with Gasteiger partial charge in [-0.3, -0.25) is 4.79 Å². The fraction of sp³-hybridized carbons (Fsp3) is 0.435. The van der Waals surface area contributed by atoms with Crippen molar-refractivity contribution in [3.05, 3.63) is 65.2 Å². The summed E-state index contributed by atoms with van der Waals surface area (Å²) in [6.07, 6.45) is 6.12. The summed E-state index contributed by atoms with van der Waals surface area (Å²) in [5, 5.41) is 2.93. The fourth-order valence-corrected chi connectivity index (χ4v) is 5.02. The van der Waals surface area contributed by atoms with Gasteiger partial charge in [0.05, 0.1) is 4.90 Å². The summed E-state index contributed by atoms with van der Waals surface area (Å²) in [6.45, 7) is 2.55. The average molecular weight is 415 g/mol. The molecule has 1 aliphatic carbocycles. The predicted molar refractivity (Wildman–Crippen MR) is 115 cm³/mol. The third-order valence-electron chi connectivity index (χ3n) is 5.37. The molecule has 5 nitrogen and oxygen atoms in total. The molecule has 0 aromatic heterocycles. The molecule has 6 heteroatoms. The summed E-state index contributed by atoms with van der Waals surface area (Å²) in [6, 6.07) is 15.0.